The van der Waals surface area contributed by atoms with Crippen LogP contribution in [0.3, 0.4) is 0 Å². The molecule has 0 radical (unpaired) electrons. The molecule has 0 amide bonds. The van der Waals surface area contributed by atoms with Gasteiger partial charge < -0.3 is 0 Å². The Labute approximate surface area is 128 Å². The molecule has 112 valence electrons. The fourth-order valence-electron chi connectivity index (χ4n) is 4.20. The van der Waals surface area contributed by atoms with Crippen molar-refractivity contribution < 1.29 is 4.79 Å². The van der Waals surface area contributed by atoms with Crippen molar-refractivity contribution in [3.8, 4) is 0 Å². The van der Waals surface area contributed by atoms with Crippen LogP contribution in [0.25, 0.3) is 0 Å². The molecule has 0 fully saturated rings. The van der Waals surface area contributed by atoms with E-state index >= 15 is 0 Å². The summed E-state index contributed by atoms with van der Waals surface area (Å²) in [4.78, 5) is 12.6. The second kappa shape index (κ2) is 5.44. The van der Waals surface area contributed by atoms with E-state index < -0.39 is 0 Å². The van der Waals surface area contributed by atoms with Crippen molar-refractivity contribution in [2.24, 2.45) is 5.41 Å². The fraction of sp³-hybridized carbons (Fsp3) is 0.550. The van der Waals surface area contributed by atoms with Crippen LogP contribution in [0, 0.1) is 5.41 Å². The van der Waals surface area contributed by atoms with Gasteiger partial charge in [-0.1, -0.05) is 56.2 Å². The van der Waals surface area contributed by atoms with Crippen molar-refractivity contribution in [1.29, 1.82) is 0 Å². The van der Waals surface area contributed by atoms with Crippen LogP contribution >= 0.6 is 0 Å². The van der Waals surface area contributed by atoms with Crippen LogP contribution in [0.1, 0.15) is 81.1 Å². The lowest BCUT2D eigenvalue weighted by molar-refractivity contribution is 0.0979. The average Bonchev–Trinajstić information content (AvgIpc) is 2.43. The van der Waals surface area contributed by atoms with Crippen LogP contribution in [0.15, 0.2) is 35.4 Å². The fourth-order valence-corrected chi connectivity index (χ4v) is 4.20. The topological polar surface area (TPSA) is 17.1 Å². The van der Waals surface area contributed by atoms with Crippen molar-refractivity contribution in [1.82, 2.24) is 0 Å². The third-order valence-corrected chi connectivity index (χ3v) is 5.07. The Kier molecular flexibility index (Phi) is 3.77. The molecule has 0 saturated carbocycles. The van der Waals surface area contributed by atoms with E-state index in [0.29, 0.717) is 18.1 Å². The zero-order valence-corrected chi connectivity index (χ0v) is 13.5. The number of ketones is 1. The van der Waals surface area contributed by atoms with Gasteiger partial charge in [-0.2, -0.15) is 0 Å². The predicted octanol–water partition coefficient (Wildman–Crippen LogP) is 5.66. The monoisotopic (exact) mass is 282 g/mol. The first-order chi connectivity index (χ1) is 9.98. The summed E-state index contributed by atoms with van der Waals surface area (Å²) < 4.78 is 0. The average molecular weight is 282 g/mol. The quantitative estimate of drug-likeness (QED) is 0.561. The van der Waals surface area contributed by atoms with Gasteiger partial charge in [0.1, 0.15) is 0 Å². The summed E-state index contributed by atoms with van der Waals surface area (Å²) in [7, 11) is 0. The molecule has 0 N–H and O–H groups in total. The number of hydrogen-bond acceptors (Lipinski definition) is 1. The summed E-state index contributed by atoms with van der Waals surface area (Å²) in [5.41, 5.74) is 5.63. The van der Waals surface area contributed by atoms with Gasteiger partial charge in [0.2, 0.25) is 0 Å². The molecule has 1 heteroatoms. The van der Waals surface area contributed by atoms with E-state index in [4.69, 9.17) is 0 Å². The number of allylic oxidation sites excluding steroid dienone is 2. The maximum absolute atomic E-state index is 12.6. The number of rotatable bonds is 0. The van der Waals surface area contributed by atoms with Gasteiger partial charge in [-0.15, -0.1) is 0 Å². The van der Waals surface area contributed by atoms with Gasteiger partial charge >= 0.3 is 0 Å². The number of Topliss-reactive ketones (excluding diaryl/α,β-unsaturated/α-hetero) is 1. The van der Waals surface area contributed by atoms with E-state index in [1.54, 1.807) is 11.1 Å². The lowest BCUT2D eigenvalue weighted by atomic mass is 9.65. The van der Waals surface area contributed by atoms with Crippen molar-refractivity contribution in [3.63, 3.8) is 0 Å². The largest absolute Gasteiger partial charge is 0.294 e. The molecule has 21 heavy (non-hydrogen) atoms. The van der Waals surface area contributed by atoms with Gasteiger partial charge in [-0.3, -0.25) is 4.79 Å². The molecule has 1 aromatic rings. The first-order valence-corrected chi connectivity index (χ1v) is 8.31. The first-order valence-electron chi connectivity index (χ1n) is 8.31. The van der Waals surface area contributed by atoms with E-state index in [1.807, 2.05) is 12.1 Å². The maximum Gasteiger partial charge on any atom is 0.163 e. The highest BCUT2D eigenvalue weighted by Crippen LogP contribution is 2.48. The normalized spacial score (nSPS) is 23.2. The third-order valence-electron chi connectivity index (χ3n) is 5.07. The first kappa shape index (κ1) is 14.6. The standard InChI is InChI=1S/C20H26O/c1-20(2,3)19-15-9-5-4-8-14(15)12-13-18(21)16-10-6-7-11-17(16)19/h6-7,10-11,19H,4-5,8-9,12-13H2,1-3H3. The summed E-state index contributed by atoms with van der Waals surface area (Å²) >= 11 is 0. The van der Waals surface area contributed by atoms with Crippen LogP contribution in [-0.2, 0) is 0 Å². The highest BCUT2D eigenvalue weighted by molar-refractivity contribution is 5.98. The molecular weight excluding hydrogens is 256 g/mol. The molecule has 3 rings (SSSR count). The second-order valence-corrected chi connectivity index (χ2v) is 7.65. The van der Waals surface area contributed by atoms with Crippen LogP contribution in [0.2, 0.25) is 0 Å². The Morgan fingerprint density at radius 2 is 1.67 bits per heavy atom. The third kappa shape index (κ3) is 2.71. The van der Waals surface area contributed by atoms with Crippen molar-refractivity contribution in [2.75, 3.05) is 0 Å². The molecule has 1 atom stereocenters. The van der Waals surface area contributed by atoms with E-state index in [9.17, 15) is 4.79 Å². The SMILES string of the molecule is CC(C)(C)C1C2=C(CCCC2)CCC(=O)c2ccccc21. The maximum atomic E-state index is 12.6. The smallest absolute Gasteiger partial charge is 0.163 e. The number of carbonyl (C=O) groups excluding carboxylic acids is 1. The Balaban J connectivity index is 2.22. The molecular formula is C20H26O. The van der Waals surface area contributed by atoms with Crippen LogP contribution < -0.4 is 0 Å². The van der Waals surface area contributed by atoms with Gasteiger partial charge in [-0.25, -0.2) is 0 Å². The summed E-state index contributed by atoms with van der Waals surface area (Å²) in [6, 6.07) is 8.32. The molecule has 2 aliphatic rings. The number of benzene rings is 1. The highest BCUT2D eigenvalue weighted by Gasteiger charge is 2.35. The van der Waals surface area contributed by atoms with Crippen LogP contribution in [0.4, 0.5) is 0 Å². The predicted molar refractivity (Wildman–Crippen MR) is 87.7 cm³/mol. The molecule has 0 spiro atoms. The van der Waals surface area contributed by atoms with Crippen LogP contribution in [-0.4, -0.2) is 5.78 Å². The van der Waals surface area contributed by atoms with E-state index in [1.165, 1.54) is 31.2 Å². The van der Waals surface area contributed by atoms with Gasteiger partial charge in [0, 0.05) is 17.9 Å². The van der Waals surface area contributed by atoms with Gasteiger partial charge in [-0.05, 0) is 43.1 Å². The molecule has 1 nitrogen and oxygen atoms in total. The molecule has 0 saturated heterocycles. The van der Waals surface area contributed by atoms with Crippen molar-refractivity contribution >= 4 is 5.78 Å². The second-order valence-electron chi connectivity index (χ2n) is 7.65. The molecule has 2 aliphatic carbocycles. The minimum absolute atomic E-state index is 0.158. The summed E-state index contributed by atoms with van der Waals surface area (Å²) in [5.74, 6) is 0.727. The van der Waals surface area contributed by atoms with E-state index in [2.05, 4.69) is 32.9 Å². The molecule has 0 aliphatic heterocycles. The Bertz CT molecular complexity index is 586. The summed E-state index contributed by atoms with van der Waals surface area (Å²) in [6.07, 6.45) is 6.70. The highest BCUT2D eigenvalue weighted by atomic mass is 16.1. The lowest BCUT2D eigenvalue weighted by Gasteiger charge is -2.39. The minimum atomic E-state index is 0.158. The number of carbonyl (C=O) groups is 1. The zero-order chi connectivity index (χ0) is 15.0. The lowest BCUT2D eigenvalue weighted by Crippen LogP contribution is -2.26. The van der Waals surface area contributed by atoms with Crippen LogP contribution in [0.5, 0.6) is 0 Å². The molecule has 0 aromatic heterocycles. The minimum Gasteiger partial charge on any atom is -0.294 e. The zero-order valence-electron chi connectivity index (χ0n) is 13.5. The molecule has 0 heterocycles. The number of fused-ring (bicyclic) bond motifs is 1. The summed E-state index contributed by atoms with van der Waals surface area (Å²) in [5, 5.41) is 0. The number of hydrogen-bond donors (Lipinski definition) is 0. The Hall–Kier alpha value is -1.37. The molecule has 1 aromatic carbocycles. The Morgan fingerprint density at radius 3 is 2.43 bits per heavy atom. The van der Waals surface area contributed by atoms with Gasteiger partial charge in [0.15, 0.2) is 5.78 Å². The van der Waals surface area contributed by atoms with Gasteiger partial charge in [0.05, 0.1) is 0 Å². The summed E-state index contributed by atoms with van der Waals surface area (Å²) in [6.45, 7) is 6.96. The molecule has 0 bridgehead atoms. The van der Waals surface area contributed by atoms with Gasteiger partial charge in [0.25, 0.3) is 0 Å². The van der Waals surface area contributed by atoms with E-state index in [-0.39, 0.29) is 5.41 Å². The van der Waals surface area contributed by atoms with E-state index in [0.717, 1.165) is 12.0 Å². The Morgan fingerprint density at radius 1 is 0.952 bits per heavy atom. The van der Waals surface area contributed by atoms with Crippen molar-refractivity contribution in [2.45, 2.75) is 65.2 Å². The molecule has 1 unspecified atom stereocenters. The van der Waals surface area contributed by atoms with Crippen molar-refractivity contribution in [3.05, 3.63) is 46.5 Å².